The van der Waals surface area contributed by atoms with Crippen molar-refractivity contribution >= 4 is 11.8 Å². The van der Waals surface area contributed by atoms with Crippen LogP contribution in [0, 0.1) is 5.92 Å². The second-order valence-corrected chi connectivity index (χ2v) is 7.62. The molecule has 2 fully saturated rings. The summed E-state index contributed by atoms with van der Waals surface area (Å²) in [6.07, 6.45) is 8.11. The van der Waals surface area contributed by atoms with E-state index in [2.05, 4.69) is 10.3 Å². The molecule has 1 unspecified atom stereocenters. The highest BCUT2D eigenvalue weighted by Gasteiger charge is 2.41. The minimum atomic E-state index is -0.189. The lowest BCUT2D eigenvalue weighted by molar-refractivity contribution is -0.122. The van der Waals surface area contributed by atoms with Crippen molar-refractivity contribution in [1.29, 1.82) is 0 Å². The van der Waals surface area contributed by atoms with Gasteiger partial charge in [-0.1, -0.05) is 6.07 Å². The number of carbonyl (C=O) groups excluding carboxylic acids is 2. The van der Waals surface area contributed by atoms with Crippen molar-refractivity contribution in [1.82, 2.24) is 15.2 Å². The van der Waals surface area contributed by atoms with Crippen LogP contribution in [0.2, 0.25) is 0 Å². The van der Waals surface area contributed by atoms with Gasteiger partial charge in [0.25, 0.3) is 11.8 Å². The van der Waals surface area contributed by atoms with E-state index in [9.17, 15) is 9.59 Å². The van der Waals surface area contributed by atoms with Crippen LogP contribution in [0.25, 0.3) is 0 Å². The second kappa shape index (κ2) is 8.14. The molecule has 2 saturated heterocycles. The summed E-state index contributed by atoms with van der Waals surface area (Å²) in [5, 5.41) is 3.00. The van der Waals surface area contributed by atoms with Crippen LogP contribution in [0.15, 0.2) is 47.4 Å². The fourth-order valence-electron chi connectivity index (χ4n) is 4.16. The summed E-state index contributed by atoms with van der Waals surface area (Å²) >= 11 is 0. The van der Waals surface area contributed by atoms with Crippen LogP contribution in [0.3, 0.4) is 0 Å². The van der Waals surface area contributed by atoms with Crippen LogP contribution >= 0.6 is 0 Å². The molecule has 2 aromatic heterocycles. The first kappa shape index (κ1) is 18.7. The summed E-state index contributed by atoms with van der Waals surface area (Å²) in [6, 6.07) is 7.02. The average molecular weight is 383 g/mol. The van der Waals surface area contributed by atoms with Gasteiger partial charge < -0.3 is 19.4 Å². The lowest BCUT2D eigenvalue weighted by Gasteiger charge is -2.46. The molecule has 2 aliphatic rings. The second-order valence-electron chi connectivity index (χ2n) is 7.62. The molecule has 0 aliphatic carbocycles. The first-order valence-electron chi connectivity index (χ1n) is 9.80. The maximum Gasteiger partial charge on any atom is 0.269 e. The Balaban J connectivity index is 1.29. The average Bonchev–Trinajstić information content (AvgIpc) is 3.28. The minimum absolute atomic E-state index is 0.0126. The summed E-state index contributed by atoms with van der Waals surface area (Å²) in [5.74, 6) is 0.248. The highest BCUT2D eigenvalue weighted by atomic mass is 16.5. The van der Waals surface area contributed by atoms with E-state index in [1.54, 1.807) is 24.4 Å². The molecule has 7 nitrogen and oxygen atoms in total. The number of likely N-dealkylation sites (tertiary alicyclic amines) is 1. The number of amides is 2. The first-order valence-corrected chi connectivity index (χ1v) is 9.80. The normalized spacial score (nSPS) is 21.4. The Morgan fingerprint density at radius 1 is 1.25 bits per heavy atom. The number of furan rings is 1. The summed E-state index contributed by atoms with van der Waals surface area (Å²) in [5.41, 5.74) is 0.845. The molecule has 0 aromatic carbocycles. The molecule has 1 N–H and O–H groups in total. The van der Waals surface area contributed by atoms with Gasteiger partial charge in [0.1, 0.15) is 12.0 Å². The molecule has 2 aromatic rings. The zero-order chi connectivity index (χ0) is 19.4. The molecule has 0 radical (unpaired) electrons. The predicted molar refractivity (Wildman–Crippen MR) is 102 cm³/mol. The van der Waals surface area contributed by atoms with Crippen molar-refractivity contribution in [2.75, 3.05) is 26.2 Å². The van der Waals surface area contributed by atoms with E-state index in [1.807, 2.05) is 11.0 Å². The molecular weight excluding hydrogens is 358 g/mol. The molecule has 2 amide bonds. The van der Waals surface area contributed by atoms with E-state index in [1.165, 1.54) is 12.5 Å². The van der Waals surface area contributed by atoms with Crippen molar-refractivity contribution in [2.24, 2.45) is 5.92 Å². The Morgan fingerprint density at radius 3 is 2.82 bits per heavy atom. The lowest BCUT2D eigenvalue weighted by atomic mass is 9.79. The zero-order valence-corrected chi connectivity index (χ0v) is 15.8. The molecule has 1 spiro atoms. The predicted octanol–water partition coefficient (Wildman–Crippen LogP) is 2.51. The van der Waals surface area contributed by atoms with E-state index >= 15 is 0 Å². The number of pyridine rings is 1. The van der Waals surface area contributed by atoms with Crippen molar-refractivity contribution in [2.45, 2.75) is 31.3 Å². The van der Waals surface area contributed by atoms with Crippen molar-refractivity contribution in [3.8, 4) is 0 Å². The molecule has 1 atom stereocenters. The van der Waals surface area contributed by atoms with Crippen LogP contribution in [0.4, 0.5) is 0 Å². The Labute approximate surface area is 164 Å². The van der Waals surface area contributed by atoms with Gasteiger partial charge in [0.05, 0.1) is 17.4 Å². The van der Waals surface area contributed by atoms with Gasteiger partial charge in [-0.2, -0.15) is 0 Å². The third-order valence-electron chi connectivity index (χ3n) is 5.77. The van der Waals surface area contributed by atoms with E-state index in [0.29, 0.717) is 43.4 Å². The van der Waals surface area contributed by atoms with E-state index in [-0.39, 0.29) is 17.4 Å². The van der Waals surface area contributed by atoms with Crippen LogP contribution in [0.1, 0.15) is 46.5 Å². The van der Waals surface area contributed by atoms with Crippen molar-refractivity contribution in [3.63, 3.8) is 0 Å². The summed E-state index contributed by atoms with van der Waals surface area (Å²) in [7, 11) is 0. The molecule has 0 bridgehead atoms. The van der Waals surface area contributed by atoms with Crippen LogP contribution < -0.4 is 5.32 Å². The lowest BCUT2D eigenvalue weighted by Crippen LogP contribution is -2.51. The third kappa shape index (κ3) is 4.09. The maximum absolute atomic E-state index is 12.5. The van der Waals surface area contributed by atoms with Gasteiger partial charge in [-0.3, -0.25) is 14.6 Å². The highest BCUT2D eigenvalue weighted by Crippen LogP contribution is 2.37. The molecule has 4 heterocycles. The number of carbonyl (C=O) groups is 2. The van der Waals surface area contributed by atoms with E-state index in [0.717, 1.165) is 25.7 Å². The van der Waals surface area contributed by atoms with Gasteiger partial charge in [-0.05, 0) is 49.8 Å². The fourth-order valence-corrected chi connectivity index (χ4v) is 4.16. The summed E-state index contributed by atoms with van der Waals surface area (Å²) in [4.78, 5) is 30.7. The number of nitrogens with one attached hydrogen (secondary N) is 1. The Bertz CT molecular complexity index is 798. The highest BCUT2D eigenvalue weighted by molar-refractivity contribution is 5.94. The molecule has 28 heavy (non-hydrogen) atoms. The Hall–Kier alpha value is -2.67. The monoisotopic (exact) mass is 383 g/mol. The zero-order valence-electron chi connectivity index (χ0n) is 15.8. The van der Waals surface area contributed by atoms with Crippen LogP contribution in [-0.4, -0.2) is 53.5 Å². The standard InChI is InChI=1S/C21H25N3O4/c25-19(18-3-1-2-8-22-18)23-14-16-4-12-28-21(13-16)6-9-24(10-7-21)20(26)17-5-11-27-15-17/h1-3,5,8,11,15-16H,4,6-7,9-10,12-14H2,(H,23,25). The number of rotatable bonds is 4. The maximum atomic E-state index is 12.5. The number of ether oxygens (including phenoxy) is 1. The fraction of sp³-hybridized carbons (Fsp3) is 0.476. The van der Waals surface area contributed by atoms with Crippen molar-refractivity contribution in [3.05, 3.63) is 54.2 Å². The number of piperidine rings is 1. The summed E-state index contributed by atoms with van der Waals surface area (Å²) < 4.78 is 11.2. The van der Waals surface area contributed by atoms with E-state index < -0.39 is 0 Å². The molecule has 0 saturated carbocycles. The molecule has 4 rings (SSSR count). The smallest absolute Gasteiger partial charge is 0.269 e. The quantitative estimate of drug-likeness (QED) is 0.877. The Kier molecular flexibility index (Phi) is 5.43. The molecule has 148 valence electrons. The third-order valence-corrected chi connectivity index (χ3v) is 5.77. The molecule has 7 heteroatoms. The number of hydrogen-bond donors (Lipinski definition) is 1. The minimum Gasteiger partial charge on any atom is -0.472 e. The Morgan fingerprint density at radius 2 is 2.11 bits per heavy atom. The topological polar surface area (TPSA) is 84.7 Å². The van der Waals surface area contributed by atoms with Gasteiger partial charge in [0.15, 0.2) is 0 Å². The first-order chi connectivity index (χ1) is 13.7. The van der Waals surface area contributed by atoms with Crippen LogP contribution in [-0.2, 0) is 4.74 Å². The van der Waals surface area contributed by atoms with Gasteiger partial charge in [-0.15, -0.1) is 0 Å². The number of nitrogens with zero attached hydrogens (tertiary/aromatic N) is 2. The van der Waals surface area contributed by atoms with Gasteiger partial charge in [-0.25, -0.2) is 0 Å². The van der Waals surface area contributed by atoms with Gasteiger partial charge in [0.2, 0.25) is 0 Å². The van der Waals surface area contributed by atoms with Gasteiger partial charge >= 0.3 is 0 Å². The van der Waals surface area contributed by atoms with Gasteiger partial charge in [0, 0.05) is 32.4 Å². The molecule has 2 aliphatic heterocycles. The molecular formula is C21H25N3O4. The van der Waals surface area contributed by atoms with Crippen molar-refractivity contribution < 1.29 is 18.7 Å². The largest absolute Gasteiger partial charge is 0.472 e. The number of hydrogen-bond acceptors (Lipinski definition) is 5. The number of aromatic nitrogens is 1. The van der Waals surface area contributed by atoms with E-state index in [4.69, 9.17) is 9.15 Å². The van der Waals surface area contributed by atoms with Crippen LogP contribution in [0.5, 0.6) is 0 Å². The SMILES string of the molecule is O=C(NCC1CCOC2(CCN(C(=O)c3ccoc3)CC2)C1)c1ccccn1. The summed E-state index contributed by atoms with van der Waals surface area (Å²) in [6.45, 7) is 2.67.